The van der Waals surface area contributed by atoms with Gasteiger partial charge in [-0.3, -0.25) is 10.2 Å². The van der Waals surface area contributed by atoms with Crippen molar-refractivity contribution in [2.45, 2.75) is 31.4 Å². The third-order valence-electron chi connectivity index (χ3n) is 6.71. The van der Waals surface area contributed by atoms with Crippen LogP contribution >= 0.6 is 0 Å². The van der Waals surface area contributed by atoms with Crippen molar-refractivity contribution in [3.63, 3.8) is 0 Å². The Morgan fingerprint density at radius 1 is 1.03 bits per heavy atom. The number of benzene rings is 1. The third kappa shape index (κ3) is 5.78. The number of rotatable bonds is 5. The molecule has 2 saturated heterocycles. The number of carbonyl (C=O) groups is 1. The number of para-hydroxylation sites is 1. The molecule has 5 rings (SSSR count). The molecular weight excluding hydrogens is 508 g/mol. The van der Waals surface area contributed by atoms with Gasteiger partial charge in [0.1, 0.15) is 17.9 Å². The molecule has 38 heavy (non-hydrogen) atoms. The highest BCUT2D eigenvalue weighted by atomic mass is 19.4. The molecule has 13 heteroatoms. The molecule has 1 aromatic heterocycles. The van der Waals surface area contributed by atoms with Gasteiger partial charge in [0, 0.05) is 45.4 Å². The van der Waals surface area contributed by atoms with Crippen molar-refractivity contribution in [3.05, 3.63) is 60.4 Å². The van der Waals surface area contributed by atoms with E-state index < -0.39 is 30.1 Å². The van der Waals surface area contributed by atoms with E-state index in [4.69, 9.17) is 9.47 Å². The first-order valence-corrected chi connectivity index (χ1v) is 12.4. The number of amides is 2. The predicted octanol–water partition coefficient (Wildman–Crippen LogP) is 3.87. The number of piperazine rings is 1. The van der Waals surface area contributed by atoms with Crippen LogP contribution in [0.1, 0.15) is 12.8 Å². The molecule has 4 heterocycles. The molecule has 0 radical (unpaired) electrons. The summed E-state index contributed by atoms with van der Waals surface area (Å²) >= 11 is 0. The lowest BCUT2D eigenvalue weighted by molar-refractivity contribution is -0.0932. The van der Waals surface area contributed by atoms with E-state index in [1.807, 2.05) is 4.90 Å². The lowest BCUT2D eigenvalue weighted by Crippen LogP contribution is -2.51. The minimum absolute atomic E-state index is 0.0312. The van der Waals surface area contributed by atoms with Gasteiger partial charge in [0.2, 0.25) is 6.35 Å². The summed E-state index contributed by atoms with van der Waals surface area (Å²) in [7, 11) is 0. The number of anilines is 3. The molecular formula is C25H28F4N6O3. The van der Waals surface area contributed by atoms with Crippen LogP contribution in [0.15, 0.2) is 54.6 Å². The lowest BCUT2D eigenvalue weighted by Gasteiger charge is -2.36. The first-order chi connectivity index (χ1) is 18.3. The minimum Gasteiger partial charge on any atom is -0.462 e. The van der Waals surface area contributed by atoms with Crippen LogP contribution in [0, 0.1) is 5.82 Å². The van der Waals surface area contributed by atoms with Crippen LogP contribution in [0.3, 0.4) is 0 Å². The number of carbonyl (C=O) groups excluding carboxylic acids is 1. The lowest BCUT2D eigenvalue weighted by atomic mass is 10.1. The van der Waals surface area contributed by atoms with E-state index in [-0.39, 0.29) is 17.4 Å². The van der Waals surface area contributed by atoms with Crippen molar-refractivity contribution in [1.29, 1.82) is 0 Å². The molecule has 9 nitrogen and oxygen atoms in total. The van der Waals surface area contributed by atoms with E-state index in [0.29, 0.717) is 58.1 Å². The van der Waals surface area contributed by atoms with Crippen molar-refractivity contribution < 1.29 is 31.8 Å². The number of halogens is 4. The van der Waals surface area contributed by atoms with E-state index in [0.717, 1.165) is 11.2 Å². The van der Waals surface area contributed by atoms with Crippen molar-refractivity contribution in [1.82, 2.24) is 15.2 Å². The summed E-state index contributed by atoms with van der Waals surface area (Å²) in [5, 5.41) is 5.72. The molecule has 1 unspecified atom stereocenters. The van der Waals surface area contributed by atoms with E-state index in [1.54, 1.807) is 29.2 Å². The van der Waals surface area contributed by atoms with Gasteiger partial charge in [0.15, 0.2) is 5.70 Å². The molecule has 1 atom stereocenters. The number of nitrogens with zero attached hydrogens (tertiary/aromatic N) is 4. The maximum atomic E-state index is 13.8. The summed E-state index contributed by atoms with van der Waals surface area (Å²) in [6.07, 6.45) is -2.15. The summed E-state index contributed by atoms with van der Waals surface area (Å²) < 4.78 is 65.8. The highest BCUT2D eigenvalue weighted by Crippen LogP contribution is 2.37. The van der Waals surface area contributed by atoms with Crippen LogP contribution in [0.5, 0.6) is 0 Å². The zero-order valence-corrected chi connectivity index (χ0v) is 20.5. The summed E-state index contributed by atoms with van der Waals surface area (Å²) in [5.41, 5.74) is -0.562. The largest absolute Gasteiger partial charge is 0.462 e. The van der Waals surface area contributed by atoms with Gasteiger partial charge in [-0.05, 0) is 37.1 Å². The second kappa shape index (κ2) is 11.0. The van der Waals surface area contributed by atoms with Gasteiger partial charge in [-0.2, -0.15) is 13.2 Å². The maximum absolute atomic E-state index is 13.8. The second-order valence-corrected chi connectivity index (χ2v) is 9.17. The average Bonchev–Trinajstić information content (AvgIpc) is 3.35. The number of hydrogen-bond acceptors (Lipinski definition) is 7. The Morgan fingerprint density at radius 2 is 1.76 bits per heavy atom. The van der Waals surface area contributed by atoms with Crippen molar-refractivity contribution in [2.24, 2.45) is 0 Å². The zero-order chi connectivity index (χ0) is 26.7. The Morgan fingerprint density at radius 3 is 2.42 bits per heavy atom. The molecule has 0 spiro atoms. The Balaban J connectivity index is 1.22. The summed E-state index contributed by atoms with van der Waals surface area (Å²) in [6, 6.07) is 8.74. The number of alkyl halides is 3. The molecule has 2 aromatic rings. The summed E-state index contributed by atoms with van der Waals surface area (Å²) in [5.74, 6) is 0.0652. The number of urea groups is 1. The average molecular weight is 537 g/mol. The topological polar surface area (TPSA) is 82.2 Å². The van der Waals surface area contributed by atoms with Crippen molar-refractivity contribution >= 4 is 23.2 Å². The molecule has 2 amide bonds. The van der Waals surface area contributed by atoms with Crippen LogP contribution in [-0.4, -0.2) is 73.9 Å². The monoisotopic (exact) mass is 536 g/mol. The molecule has 0 saturated carbocycles. The van der Waals surface area contributed by atoms with Gasteiger partial charge in [-0.15, -0.1) is 0 Å². The molecule has 2 N–H and O–H groups in total. The smallest absolute Gasteiger partial charge is 0.434 e. The molecule has 2 fully saturated rings. The van der Waals surface area contributed by atoms with Crippen LogP contribution in [0.2, 0.25) is 0 Å². The number of hydrogen-bond donors (Lipinski definition) is 2. The van der Waals surface area contributed by atoms with Gasteiger partial charge in [-0.25, -0.2) is 14.2 Å². The fraction of sp³-hybridized carbons (Fsp3) is 0.440. The SMILES string of the molecule is O=C(Nc1ccccc1F)N1CCN(c2ccc(N3C(C(F)(F)F)=COC3NC3CCOCC3)cn2)CC1. The molecule has 204 valence electrons. The van der Waals surface area contributed by atoms with Gasteiger partial charge in [0.05, 0.1) is 17.6 Å². The fourth-order valence-electron chi connectivity index (χ4n) is 4.63. The van der Waals surface area contributed by atoms with Crippen LogP contribution in [0.4, 0.5) is 39.5 Å². The van der Waals surface area contributed by atoms with Gasteiger partial charge >= 0.3 is 12.2 Å². The number of ether oxygens (including phenoxy) is 2. The van der Waals surface area contributed by atoms with Gasteiger partial charge in [-0.1, -0.05) is 12.1 Å². The van der Waals surface area contributed by atoms with E-state index >= 15 is 0 Å². The van der Waals surface area contributed by atoms with Crippen molar-refractivity contribution in [3.8, 4) is 0 Å². The maximum Gasteiger partial charge on any atom is 0.434 e. The number of nitrogens with one attached hydrogen (secondary N) is 2. The molecule has 3 aliphatic rings. The molecule has 0 aliphatic carbocycles. The standard InChI is InChI=1S/C25H28F4N6O3/c26-19-3-1-2-4-20(19)32-23(36)34-11-9-33(10-12-34)22-6-5-18(15-30-22)35-21(25(27,28)29)16-38-24(35)31-17-7-13-37-14-8-17/h1-6,15-17,24,31H,7-14H2,(H,32,36). The van der Waals surface area contributed by atoms with Gasteiger partial charge in [0.25, 0.3) is 0 Å². The normalized spacial score (nSPS) is 20.8. The zero-order valence-electron chi connectivity index (χ0n) is 20.5. The molecule has 3 aliphatic heterocycles. The van der Waals surface area contributed by atoms with Gasteiger partial charge < -0.3 is 24.6 Å². The van der Waals surface area contributed by atoms with E-state index in [1.165, 1.54) is 18.3 Å². The minimum atomic E-state index is -4.61. The van der Waals surface area contributed by atoms with Crippen LogP contribution in [0.25, 0.3) is 0 Å². The Hall–Kier alpha value is -3.58. The predicted molar refractivity (Wildman–Crippen MR) is 132 cm³/mol. The summed E-state index contributed by atoms with van der Waals surface area (Å²) in [6.45, 7) is 2.76. The second-order valence-electron chi connectivity index (χ2n) is 9.17. The number of pyridine rings is 1. The Labute approximate surface area is 217 Å². The van der Waals surface area contributed by atoms with Crippen LogP contribution < -0.4 is 20.4 Å². The van der Waals surface area contributed by atoms with Crippen molar-refractivity contribution in [2.75, 3.05) is 54.5 Å². The van der Waals surface area contributed by atoms with Crippen LogP contribution in [-0.2, 0) is 9.47 Å². The molecule has 0 bridgehead atoms. The summed E-state index contributed by atoms with van der Waals surface area (Å²) in [4.78, 5) is 21.5. The number of aromatic nitrogens is 1. The molecule has 1 aromatic carbocycles. The highest BCUT2D eigenvalue weighted by Gasteiger charge is 2.46. The quantitative estimate of drug-likeness (QED) is 0.562. The fourth-order valence-corrected chi connectivity index (χ4v) is 4.63. The van der Waals surface area contributed by atoms with E-state index in [2.05, 4.69) is 15.6 Å². The van der Waals surface area contributed by atoms with E-state index in [9.17, 15) is 22.4 Å². The third-order valence-corrected chi connectivity index (χ3v) is 6.71. The first kappa shape index (κ1) is 26.0. The Kier molecular flexibility index (Phi) is 7.56. The first-order valence-electron chi connectivity index (χ1n) is 12.4. The Bertz CT molecular complexity index is 1150. The highest BCUT2D eigenvalue weighted by molar-refractivity contribution is 5.89. The number of allylic oxidation sites excluding steroid dienone is 1.